The van der Waals surface area contributed by atoms with Gasteiger partial charge in [0.2, 0.25) is 5.91 Å². The molecule has 1 atom stereocenters. The van der Waals surface area contributed by atoms with Gasteiger partial charge in [-0.3, -0.25) is 9.69 Å². The quantitative estimate of drug-likeness (QED) is 0.852. The summed E-state index contributed by atoms with van der Waals surface area (Å²) >= 11 is 0. The molecule has 5 heteroatoms. The molecule has 1 heterocycles. The predicted molar refractivity (Wildman–Crippen MR) is 70.9 cm³/mol. The van der Waals surface area contributed by atoms with Crippen molar-refractivity contribution < 1.29 is 14.7 Å². The zero-order valence-electron chi connectivity index (χ0n) is 10.9. The third-order valence-corrected chi connectivity index (χ3v) is 3.47. The van der Waals surface area contributed by atoms with E-state index in [1.54, 1.807) is 25.2 Å². The molecule has 2 N–H and O–H groups in total. The first kappa shape index (κ1) is 13.5. The third kappa shape index (κ3) is 3.12. The number of hydrogen-bond acceptors (Lipinski definition) is 3. The maximum absolute atomic E-state index is 11.7. The predicted octanol–water partition coefficient (Wildman–Crippen LogP) is 1.10. The Balaban J connectivity index is 2.10. The summed E-state index contributed by atoms with van der Waals surface area (Å²) in [6.45, 7) is 1.48. The minimum absolute atomic E-state index is 0.0342. The Labute approximate surface area is 112 Å². The minimum Gasteiger partial charge on any atom is -0.478 e. The van der Waals surface area contributed by atoms with Gasteiger partial charge < -0.3 is 10.4 Å². The zero-order valence-corrected chi connectivity index (χ0v) is 10.9. The zero-order chi connectivity index (χ0) is 13.8. The van der Waals surface area contributed by atoms with E-state index in [-0.39, 0.29) is 17.5 Å². The number of carbonyl (C=O) groups is 2. The van der Waals surface area contributed by atoms with Crippen molar-refractivity contribution in [3.63, 3.8) is 0 Å². The van der Waals surface area contributed by atoms with Crippen LogP contribution in [0.25, 0.3) is 0 Å². The normalized spacial score (nSPS) is 19.3. The number of carboxylic acid groups (broad SMARTS) is 1. The molecular formula is C14H18N2O3. The molecule has 2 rings (SSSR count). The number of benzene rings is 1. The van der Waals surface area contributed by atoms with Crippen molar-refractivity contribution in [1.29, 1.82) is 0 Å². The first-order chi connectivity index (χ1) is 9.11. The van der Waals surface area contributed by atoms with E-state index in [9.17, 15) is 9.59 Å². The van der Waals surface area contributed by atoms with Crippen LogP contribution in [0, 0.1) is 0 Å². The number of amides is 1. The summed E-state index contributed by atoms with van der Waals surface area (Å²) in [6, 6.07) is 6.78. The van der Waals surface area contributed by atoms with Crippen molar-refractivity contribution in [2.75, 3.05) is 13.6 Å². The third-order valence-electron chi connectivity index (χ3n) is 3.47. The van der Waals surface area contributed by atoms with Crippen LogP contribution in [0.3, 0.4) is 0 Å². The van der Waals surface area contributed by atoms with Crippen LogP contribution in [0.2, 0.25) is 0 Å². The summed E-state index contributed by atoms with van der Waals surface area (Å²) in [6.07, 6.45) is 1.86. The molecular weight excluding hydrogens is 244 g/mol. The Bertz CT molecular complexity index is 487. The number of aromatic carboxylic acids is 1. The molecule has 0 radical (unpaired) electrons. The topological polar surface area (TPSA) is 69.6 Å². The minimum atomic E-state index is -0.925. The lowest BCUT2D eigenvalue weighted by molar-refractivity contribution is -0.125. The molecule has 0 saturated carbocycles. The number of hydrogen-bond donors (Lipinski definition) is 2. The highest BCUT2D eigenvalue weighted by Gasteiger charge is 2.29. The van der Waals surface area contributed by atoms with Gasteiger partial charge in [0.1, 0.15) is 0 Å². The second-order valence-electron chi connectivity index (χ2n) is 4.75. The van der Waals surface area contributed by atoms with Crippen molar-refractivity contribution in [2.45, 2.75) is 25.4 Å². The highest BCUT2D eigenvalue weighted by molar-refractivity contribution is 5.87. The van der Waals surface area contributed by atoms with Gasteiger partial charge in [0.25, 0.3) is 0 Å². The Hall–Kier alpha value is -1.88. The van der Waals surface area contributed by atoms with Crippen molar-refractivity contribution in [1.82, 2.24) is 10.2 Å². The molecule has 0 bridgehead atoms. The fraction of sp³-hybridized carbons (Fsp3) is 0.429. The van der Waals surface area contributed by atoms with E-state index in [1.807, 2.05) is 6.07 Å². The molecule has 102 valence electrons. The summed E-state index contributed by atoms with van der Waals surface area (Å²) in [5.74, 6) is -0.891. The number of rotatable bonds is 4. The molecule has 0 aliphatic carbocycles. The first-order valence-electron chi connectivity index (χ1n) is 6.39. The Morgan fingerprint density at radius 3 is 2.95 bits per heavy atom. The van der Waals surface area contributed by atoms with Gasteiger partial charge in [-0.05, 0) is 37.1 Å². The van der Waals surface area contributed by atoms with E-state index in [0.29, 0.717) is 6.54 Å². The number of nitrogens with one attached hydrogen (secondary N) is 1. The molecule has 1 unspecified atom stereocenters. The van der Waals surface area contributed by atoms with E-state index in [4.69, 9.17) is 5.11 Å². The lowest BCUT2D eigenvalue weighted by Gasteiger charge is -2.23. The number of likely N-dealkylation sites (tertiary alicyclic amines) is 1. The van der Waals surface area contributed by atoms with Gasteiger partial charge in [0.15, 0.2) is 0 Å². The van der Waals surface area contributed by atoms with Gasteiger partial charge in [-0.15, -0.1) is 0 Å². The van der Waals surface area contributed by atoms with Crippen molar-refractivity contribution in [2.24, 2.45) is 0 Å². The molecule has 1 saturated heterocycles. The van der Waals surface area contributed by atoms with Crippen LogP contribution in [0.1, 0.15) is 28.8 Å². The SMILES string of the molecule is CNC(=O)C1CCCN1Cc1cccc(C(=O)O)c1. The fourth-order valence-corrected chi connectivity index (χ4v) is 2.52. The van der Waals surface area contributed by atoms with Gasteiger partial charge in [-0.25, -0.2) is 4.79 Å². The van der Waals surface area contributed by atoms with Gasteiger partial charge in [0, 0.05) is 13.6 Å². The number of likely N-dealkylation sites (N-methyl/N-ethyl adjacent to an activating group) is 1. The molecule has 19 heavy (non-hydrogen) atoms. The van der Waals surface area contributed by atoms with E-state index in [1.165, 1.54) is 0 Å². The first-order valence-corrected chi connectivity index (χ1v) is 6.39. The molecule has 0 aromatic heterocycles. The summed E-state index contributed by atoms with van der Waals surface area (Å²) in [5, 5.41) is 11.6. The molecule has 1 aromatic rings. The lowest BCUT2D eigenvalue weighted by atomic mass is 10.1. The Morgan fingerprint density at radius 1 is 1.47 bits per heavy atom. The van der Waals surface area contributed by atoms with Gasteiger partial charge >= 0.3 is 5.97 Å². The van der Waals surface area contributed by atoms with Crippen LogP contribution in [0.15, 0.2) is 24.3 Å². The van der Waals surface area contributed by atoms with Gasteiger partial charge in [0.05, 0.1) is 11.6 Å². The van der Waals surface area contributed by atoms with E-state index in [2.05, 4.69) is 10.2 Å². The van der Waals surface area contributed by atoms with E-state index >= 15 is 0 Å². The second kappa shape index (κ2) is 5.84. The van der Waals surface area contributed by atoms with Gasteiger partial charge in [-0.2, -0.15) is 0 Å². The average molecular weight is 262 g/mol. The van der Waals surface area contributed by atoms with Crippen molar-refractivity contribution in [3.05, 3.63) is 35.4 Å². The summed E-state index contributed by atoms with van der Waals surface area (Å²) in [5.41, 5.74) is 1.21. The number of carboxylic acids is 1. The Kier molecular flexibility index (Phi) is 4.16. The molecule has 1 amide bonds. The van der Waals surface area contributed by atoms with Crippen LogP contribution in [-0.2, 0) is 11.3 Å². The van der Waals surface area contributed by atoms with Crippen LogP contribution in [0.5, 0.6) is 0 Å². The van der Waals surface area contributed by atoms with Crippen molar-refractivity contribution in [3.8, 4) is 0 Å². The molecule has 1 aliphatic heterocycles. The largest absolute Gasteiger partial charge is 0.478 e. The number of carbonyl (C=O) groups excluding carboxylic acids is 1. The monoisotopic (exact) mass is 262 g/mol. The van der Waals surface area contributed by atoms with Crippen LogP contribution in [-0.4, -0.2) is 41.5 Å². The summed E-state index contributed by atoms with van der Waals surface area (Å²) < 4.78 is 0. The average Bonchev–Trinajstić information content (AvgIpc) is 2.86. The summed E-state index contributed by atoms with van der Waals surface area (Å²) in [4.78, 5) is 24.8. The van der Waals surface area contributed by atoms with Gasteiger partial charge in [-0.1, -0.05) is 12.1 Å². The molecule has 1 aromatic carbocycles. The fourth-order valence-electron chi connectivity index (χ4n) is 2.52. The maximum Gasteiger partial charge on any atom is 0.335 e. The lowest BCUT2D eigenvalue weighted by Crippen LogP contribution is -2.41. The second-order valence-corrected chi connectivity index (χ2v) is 4.75. The van der Waals surface area contributed by atoms with Crippen LogP contribution in [0.4, 0.5) is 0 Å². The maximum atomic E-state index is 11.7. The molecule has 0 spiro atoms. The molecule has 1 aliphatic rings. The van der Waals surface area contributed by atoms with Crippen molar-refractivity contribution >= 4 is 11.9 Å². The van der Waals surface area contributed by atoms with Crippen LogP contribution < -0.4 is 5.32 Å². The molecule has 1 fully saturated rings. The summed E-state index contributed by atoms with van der Waals surface area (Å²) in [7, 11) is 1.64. The van der Waals surface area contributed by atoms with Crippen LogP contribution >= 0.6 is 0 Å². The van der Waals surface area contributed by atoms with E-state index < -0.39 is 5.97 Å². The standard InChI is InChI=1S/C14H18N2O3/c1-15-13(17)12-6-3-7-16(12)9-10-4-2-5-11(8-10)14(18)19/h2,4-5,8,12H,3,6-7,9H2,1H3,(H,15,17)(H,18,19). The molecule has 5 nitrogen and oxygen atoms in total. The number of nitrogens with zero attached hydrogens (tertiary/aromatic N) is 1. The smallest absolute Gasteiger partial charge is 0.335 e. The van der Waals surface area contributed by atoms with E-state index in [0.717, 1.165) is 24.9 Å². The Morgan fingerprint density at radius 2 is 2.26 bits per heavy atom. The highest BCUT2D eigenvalue weighted by atomic mass is 16.4. The highest BCUT2D eigenvalue weighted by Crippen LogP contribution is 2.20.